The molecule has 0 unspecified atom stereocenters. The van der Waals surface area contributed by atoms with Gasteiger partial charge in [0.2, 0.25) is 0 Å². The summed E-state index contributed by atoms with van der Waals surface area (Å²) in [6.45, 7) is 2.96. The Labute approximate surface area is 141 Å². The van der Waals surface area contributed by atoms with E-state index in [0.29, 0.717) is 30.2 Å². The number of carbonyl (C=O) groups is 2. The second-order valence-electron chi connectivity index (χ2n) is 4.97. The number of terminal acetylenes is 1. The van der Waals surface area contributed by atoms with E-state index in [9.17, 15) is 9.59 Å². The molecule has 5 heteroatoms. The molecule has 0 saturated heterocycles. The van der Waals surface area contributed by atoms with Crippen LogP contribution >= 0.6 is 0 Å². The fourth-order valence-corrected chi connectivity index (χ4v) is 2.02. The molecule has 122 valence electrons. The molecule has 5 nitrogen and oxygen atoms in total. The lowest BCUT2D eigenvalue weighted by molar-refractivity contribution is -0.132. The molecule has 0 atom stereocenters. The molecule has 2 N–H and O–H groups in total. The van der Waals surface area contributed by atoms with Crippen molar-refractivity contribution in [2.45, 2.75) is 13.5 Å². The summed E-state index contributed by atoms with van der Waals surface area (Å²) in [5, 5.41) is 5.07. The van der Waals surface area contributed by atoms with E-state index in [1.54, 1.807) is 42.5 Å². The Morgan fingerprint density at radius 1 is 1.04 bits per heavy atom. The Bertz CT molecular complexity index is 778. The summed E-state index contributed by atoms with van der Waals surface area (Å²) in [4.78, 5) is 24.0. The van der Waals surface area contributed by atoms with E-state index in [4.69, 9.17) is 11.2 Å². The number of anilines is 2. The lowest BCUT2D eigenvalue weighted by Gasteiger charge is -2.08. The summed E-state index contributed by atoms with van der Waals surface area (Å²) in [5.74, 6) is 0.950. The van der Waals surface area contributed by atoms with Gasteiger partial charge in [-0.2, -0.15) is 0 Å². The molecule has 0 aliphatic carbocycles. The highest BCUT2D eigenvalue weighted by Crippen LogP contribution is 2.13. The number of carbonyl (C=O) groups excluding carboxylic acids is 2. The van der Waals surface area contributed by atoms with Crippen LogP contribution in [0.5, 0.6) is 0 Å². The fraction of sp³-hybridized carbons (Fsp3) is 0.158. The summed E-state index contributed by atoms with van der Waals surface area (Å²) in [5.41, 5.74) is 2.54. The zero-order valence-electron chi connectivity index (χ0n) is 13.3. The molecule has 2 rings (SSSR count). The molecule has 0 fully saturated rings. The van der Waals surface area contributed by atoms with E-state index in [2.05, 4.69) is 16.6 Å². The number of hydrogen-bond acceptors (Lipinski definition) is 3. The maximum atomic E-state index is 12.0. The molecule has 0 aliphatic heterocycles. The largest absolute Gasteiger partial charge is 0.377 e. The van der Waals surface area contributed by atoms with Crippen LogP contribution in [0.1, 0.15) is 18.1 Å². The highest BCUT2D eigenvalue weighted by molar-refractivity contribution is 6.43. The smallest absolute Gasteiger partial charge is 0.314 e. The molecule has 2 amide bonds. The third-order valence-corrected chi connectivity index (χ3v) is 3.15. The van der Waals surface area contributed by atoms with Gasteiger partial charge in [0, 0.05) is 23.5 Å². The minimum Gasteiger partial charge on any atom is -0.377 e. The second kappa shape index (κ2) is 8.51. The molecule has 24 heavy (non-hydrogen) atoms. The third kappa shape index (κ3) is 4.97. The van der Waals surface area contributed by atoms with Gasteiger partial charge in [0.05, 0.1) is 6.61 Å². The van der Waals surface area contributed by atoms with Crippen molar-refractivity contribution in [2.24, 2.45) is 0 Å². The zero-order chi connectivity index (χ0) is 17.4. The van der Waals surface area contributed by atoms with Gasteiger partial charge >= 0.3 is 11.8 Å². The van der Waals surface area contributed by atoms with Gasteiger partial charge in [-0.25, -0.2) is 0 Å². The molecule has 0 heterocycles. The lowest BCUT2D eigenvalue weighted by atomic mass is 10.2. The molecular weight excluding hydrogens is 304 g/mol. The monoisotopic (exact) mass is 322 g/mol. The van der Waals surface area contributed by atoms with Crippen LogP contribution in [0.2, 0.25) is 0 Å². The minimum atomic E-state index is -0.764. The summed E-state index contributed by atoms with van der Waals surface area (Å²) in [6, 6.07) is 13.9. The normalized spacial score (nSPS) is 9.83. The summed E-state index contributed by atoms with van der Waals surface area (Å²) >= 11 is 0. The van der Waals surface area contributed by atoms with Gasteiger partial charge in [-0.15, -0.1) is 6.42 Å². The maximum absolute atomic E-state index is 12.0. The van der Waals surface area contributed by atoms with Crippen LogP contribution in [0.3, 0.4) is 0 Å². The van der Waals surface area contributed by atoms with Crippen LogP contribution in [-0.2, 0) is 20.9 Å². The van der Waals surface area contributed by atoms with Crippen molar-refractivity contribution < 1.29 is 14.3 Å². The van der Waals surface area contributed by atoms with E-state index < -0.39 is 11.8 Å². The van der Waals surface area contributed by atoms with Crippen molar-refractivity contribution in [3.63, 3.8) is 0 Å². The van der Waals surface area contributed by atoms with Gasteiger partial charge < -0.3 is 15.4 Å². The number of ether oxygens (including phenoxy) is 1. The molecule has 0 aromatic heterocycles. The van der Waals surface area contributed by atoms with Crippen molar-refractivity contribution in [1.29, 1.82) is 0 Å². The topological polar surface area (TPSA) is 67.4 Å². The quantitative estimate of drug-likeness (QED) is 0.657. The van der Waals surface area contributed by atoms with Crippen LogP contribution in [0.15, 0.2) is 48.5 Å². The van der Waals surface area contributed by atoms with E-state index in [-0.39, 0.29) is 0 Å². The Morgan fingerprint density at radius 2 is 1.67 bits per heavy atom. The fourth-order valence-electron chi connectivity index (χ4n) is 2.02. The van der Waals surface area contributed by atoms with Gasteiger partial charge in [-0.3, -0.25) is 9.59 Å². The molecular formula is C19H18N2O3. The predicted octanol–water partition coefficient (Wildman–Crippen LogP) is 2.78. The Kier molecular flexibility index (Phi) is 6.12. The van der Waals surface area contributed by atoms with Crippen LogP contribution in [0.4, 0.5) is 11.4 Å². The maximum Gasteiger partial charge on any atom is 0.314 e. The molecule has 0 aliphatic rings. The molecule has 0 spiro atoms. The minimum absolute atomic E-state index is 0.450. The Balaban J connectivity index is 1.98. The van der Waals surface area contributed by atoms with Crippen molar-refractivity contribution >= 4 is 23.2 Å². The van der Waals surface area contributed by atoms with E-state index in [0.717, 1.165) is 5.56 Å². The lowest BCUT2D eigenvalue weighted by Crippen LogP contribution is -2.29. The van der Waals surface area contributed by atoms with Gasteiger partial charge in [-0.1, -0.05) is 24.1 Å². The van der Waals surface area contributed by atoms with E-state index in [1.807, 2.05) is 13.0 Å². The van der Waals surface area contributed by atoms with Crippen molar-refractivity contribution in [3.8, 4) is 12.3 Å². The molecule has 0 bridgehead atoms. The van der Waals surface area contributed by atoms with Gasteiger partial charge in [0.1, 0.15) is 0 Å². The molecule has 0 saturated carbocycles. The van der Waals surface area contributed by atoms with E-state index >= 15 is 0 Å². The van der Waals surface area contributed by atoms with Gasteiger partial charge in [0.25, 0.3) is 0 Å². The standard InChI is InChI=1S/C19H18N2O3/c1-3-14-7-5-9-16(11-14)20-18(22)19(23)21-17-10-6-8-15(12-17)13-24-4-2/h1,5-12H,4,13H2,2H3,(H,20,22)(H,21,23). The van der Waals surface area contributed by atoms with Crippen LogP contribution in [0, 0.1) is 12.3 Å². The highest BCUT2D eigenvalue weighted by atomic mass is 16.5. The van der Waals surface area contributed by atoms with Crippen molar-refractivity contribution in [3.05, 3.63) is 59.7 Å². The summed E-state index contributed by atoms with van der Waals surface area (Å²) in [7, 11) is 0. The van der Waals surface area contributed by atoms with Crippen LogP contribution in [0.25, 0.3) is 0 Å². The van der Waals surface area contributed by atoms with Crippen molar-refractivity contribution in [1.82, 2.24) is 0 Å². The average molecular weight is 322 g/mol. The van der Waals surface area contributed by atoms with Gasteiger partial charge in [0.15, 0.2) is 0 Å². The second-order valence-corrected chi connectivity index (χ2v) is 4.97. The first-order chi connectivity index (χ1) is 11.6. The number of amides is 2. The SMILES string of the molecule is C#Cc1cccc(NC(=O)C(=O)Nc2cccc(COCC)c2)c1. The number of nitrogens with one attached hydrogen (secondary N) is 2. The van der Waals surface area contributed by atoms with Gasteiger partial charge in [-0.05, 0) is 42.8 Å². The van der Waals surface area contributed by atoms with E-state index in [1.165, 1.54) is 0 Å². The molecule has 2 aromatic rings. The van der Waals surface area contributed by atoms with Crippen molar-refractivity contribution in [2.75, 3.05) is 17.2 Å². The average Bonchev–Trinajstić information content (AvgIpc) is 2.60. The zero-order valence-corrected chi connectivity index (χ0v) is 13.3. The number of rotatable bonds is 5. The summed E-state index contributed by atoms with van der Waals surface area (Å²) < 4.78 is 5.32. The first-order valence-electron chi connectivity index (χ1n) is 7.48. The number of benzene rings is 2. The molecule has 0 radical (unpaired) electrons. The third-order valence-electron chi connectivity index (χ3n) is 3.15. The Morgan fingerprint density at radius 3 is 2.29 bits per heavy atom. The van der Waals surface area contributed by atoms with Crippen LogP contribution in [-0.4, -0.2) is 18.4 Å². The number of hydrogen-bond donors (Lipinski definition) is 2. The first-order valence-corrected chi connectivity index (χ1v) is 7.48. The predicted molar refractivity (Wildman–Crippen MR) is 93.4 cm³/mol. The highest BCUT2D eigenvalue weighted by Gasteiger charge is 2.14. The first kappa shape index (κ1) is 17.3. The molecule has 2 aromatic carbocycles. The summed E-state index contributed by atoms with van der Waals surface area (Å²) in [6.07, 6.45) is 5.31. The Hall–Kier alpha value is -3.10. The van der Waals surface area contributed by atoms with Crippen LogP contribution < -0.4 is 10.6 Å².